The molecule has 0 radical (unpaired) electrons. The van der Waals surface area contributed by atoms with E-state index in [4.69, 9.17) is 16.3 Å². The van der Waals surface area contributed by atoms with Crippen molar-refractivity contribution in [2.75, 3.05) is 13.1 Å². The zero-order chi connectivity index (χ0) is 23.2. The maximum atomic E-state index is 13.4. The first-order valence-electron chi connectivity index (χ1n) is 11.6. The zero-order valence-corrected chi connectivity index (χ0v) is 19.3. The molecule has 1 fully saturated rings. The van der Waals surface area contributed by atoms with E-state index in [0.717, 1.165) is 46.3 Å². The number of nitrogens with one attached hydrogen (secondary N) is 1. The van der Waals surface area contributed by atoms with Crippen molar-refractivity contribution in [3.63, 3.8) is 0 Å². The van der Waals surface area contributed by atoms with Crippen LogP contribution in [0.1, 0.15) is 29.9 Å². The van der Waals surface area contributed by atoms with Crippen molar-refractivity contribution >= 4 is 28.5 Å². The van der Waals surface area contributed by atoms with Gasteiger partial charge in [0.05, 0.1) is 0 Å². The quantitative estimate of drug-likeness (QED) is 0.423. The molecule has 2 N–H and O–H groups in total. The lowest BCUT2D eigenvalue weighted by Gasteiger charge is -2.33. The summed E-state index contributed by atoms with van der Waals surface area (Å²) in [5.41, 5.74) is 4.83. The van der Waals surface area contributed by atoms with Crippen LogP contribution >= 0.6 is 11.6 Å². The van der Waals surface area contributed by atoms with Gasteiger partial charge in [0.15, 0.2) is 6.10 Å². The van der Waals surface area contributed by atoms with E-state index in [1.54, 1.807) is 18.3 Å². The standard InChI is InChI=1S/C27H24ClN3O3/c28-19-13-18-14-24(27(33)31-11-7-17(8-12-31)16-1-3-20(32)4-2-16)34-25(18)23(15-19)21-5-9-29-26-22(21)6-10-30-26/h1-6,9-10,13,15,17,24,32H,7-8,11-12,14H2,(H,29,30). The van der Waals surface area contributed by atoms with E-state index in [2.05, 4.69) is 9.97 Å². The molecule has 1 atom stereocenters. The fourth-order valence-corrected chi connectivity index (χ4v) is 5.48. The van der Waals surface area contributed by atoms with Gasteiger partial charge in [-0.25, -0.2) is 4.98 Å². The lowest BCUT2D eigenvalue weighted by molar-refractivity contribution is -0.139. The molecule has 6 rings (SSSR count). The Hall–Kier alpha value is -3.51. The molecule has 1 unspecified atom stereocenters. The van der Waals surface area contributed by atoms with Gasteiger partial charge < -0.3 is 19.7 Å². The molecule has 0 saturated carbocycles. The van der Waals surface area contributed by atoms with Crippen LogP contribution in [-0.4, -0.2) is 45.1 Å². The Morgan fingerprint density at radius 2 is 1.88 bits per heavy atom. The molecule has 2 aromatic heterocycles. The second-order valence-corrected chi connectivity index (χ2v) is 9.48. The van der Waals surface area contributed by atoms with E-state index in [-0.39, 0.29) is 11.7 Å². The van der Waals surface area contributed by atoms with Crippen LogP contribution in [0, 0.1) is 0 Å². The summed E-state index contributed by atoms with van der Waals surface area (Å²) in [6.07, 6.45) is 5.39. The number of aromatic hydroxyl groups is 1. The number of carbonyl (C=O) groups excluding carboxylic acids is 1. The number of rotatable bonds is 3. The Bertz CT molecular complexity index is 1370. The summed E-state index contributed by atoms with van der Waals surface area (Å²) in [4.78, 5) is 22.8. The first-order valence-corrected chi connectivity index (χ1v) is 11.9. The molecule has 4 heterocycles. The minimum absolute atomic E-state index is 0.0314. The summed E-state index contributed by atoms with van der Waals surface area (Å²) in [5, 5.41) is 11.1. The van der Waals surface area contributed by atoms with Crippen LogP contribution in [0.5, 0.6) is 11.5 Å². The molecule has 0 spiro atoms. The fourth-order valence-electron chi connectivity index (χ4n) is 5.24. The van der Waals surface area contributed by atoms with Crippen molar-refractivity contribution in [1.29, 1.82) is 0 Å². The summed E-state index contributed by atoms with van der Waals surface area (Å²) in [5.74, 6) is 1.43. The Morgan fingerprint density at radius 3 is 2.68 bits per heavy atom. The highest BCUT2D eigenvalue weighted by Crippen LogP contribution is 2.43. The van der Waals surface area contributed by atoms with Crippen molar-refractivity contribution < 1.29 is 14.6 Å². The third kappa shape index (κ3) is 3.68. The van der Waals surface area contributed by atoms with Gasteiger partial charge in [0.25, 0.3) is 5.91 Å². The number of H-pyrrole nitrogens is 1. The second-order valence-electron chi connectivity index (χ2n) is 9.04. The fraction of sp³-hybridized carbons (Fsp3) is 0.259. The number of phenols is 1. The van der Waals surface area contributed by atoms with Gasteiger partial charge >= 0.3 is 0 Å². The first kappa shape index (κ1) is 21.1. The minimum atomic E-state index is -0.541. The van der Waals surface area contributed by atoms with Crippen molar-refractivity contribution in [3.8, 4) is 22.6 Å². The summed E-state index contributed by atoms with van der Waals surface area (Å²) < 4.78 is 6.30. The molecule has 4 aromatic rings. The number of nitrogens with zero attached hydrogens (tertiary/aromatic N) is 2. The number of phenolic OH excluding ortho intramolecular Hbond substituents is 1. The number of aromatic nitrogens is 2. The number of amides is 1. The third-order valence-corrected chi connectivity index (χ3v) is 7.21. The van der Waals surface area contributed by atoms with E-state index in [1.165, 1.54) is 5.56 Å². The molecule has 2 aliphatic rings. The molecule has 1 amide bonds. The number of aromatic amines is 1. The molecule has 2 aliphatic heterocycles. The van der Waals surface area contributed by atoms with Crippen molar-refractivity contribution in [2.45, 2.75) is 31.3 Å². The van der Waals surface area contributed by atoms with Crippen LogP contribution < -0.4 is 4.74 Å². The molecule has 0 aliphatic carbocycles. The molecule has 2 aromatic carbocycles. The number of piperidine rings is 1. The number of fused-ring (bicyclic) bond motifs is 2. The van der Waals surface area contributed by atoms with Gasteiger partial charge in [-0.1, -0.05) is 23.7 Å². The van der Waals surface area contributed by atoms with Crippen molar-refractivity contribution in [3.05, 3.63) is 77.1 Å². The lowest BCUT2D eigenvalue weighted by Crippen LogP contribution is -2.45. The molecule has 34 heavy (non-hydrogen) atoms. The molecule has 1 saturated heterocycles. The number of pyridine rings is 1. The maximum absolute atomic E-state index is 13.4. The number of hydrogen-bond acceptors (Lipinski definition) is 4. The van der Waals surface area contributed by atoms with Crippen LogP contribution in [0.3, 0.4) is 0 Å². The molecular formula is C27H24ClN3O3. The van der Waals surface area contributed by atoms with Gasteiger partial charge in [-0.2, -0.15) is 0 Å². The highest BCUT2D eigenvalue weighted by molar-refractivity contribution is 6.31. The van der Waals surface area contributed by atoms with Crippen LogP contribution in [0.25, 0.3) is 22.2 Å². The smallest absolute Gasteiger partial charge is 0.263 e. The van der Waals surface area contributed by atoms with Crippen LogP contribution in [0.2, 0.25) is 5.02 Å². The zero-order valence-electron chi connectivity index (χ0n) is 18.5. The third-order valence-electron chi connectivity index (χ3n) is 6.99. The monoisotopic (exact) mass is 473 g/mol. The Balaban J connectivity index is 1.21. The molecular weight excluding hydrogens is 450 g/mol. The van der Waals surface area contributed by atoms with E-state index in [0.29, 0.717) is 30.5 Å². The Kier molecular flexibility index (Phi) is 5.18. The van der Waals surface area contributed by atoms with E-state index >= 15 is 0 Å². The average molecular weight is 474 g/mol. The Morgan fingerprint density at radius 1 is 1.09 bits per heavy atom. The van der Waals surface area contributed by atoms with Crippen molar-refractivity contribution in [1.82, 2.24) is 14.9 Å². The lowest BCUT2D eigenvalue weighted by atomic mass is 9.89. The normalized spacial score (nSPS) is 18.1. The molecule has 6 nitrogen and oxygen atoms in total. The summed E-state index contributed by atoms with van der Waals surface area (Å²) in [6.45, 7) is 1.39. The number of carbonyl (C=O) groups is 1. The van der Waals surface area contributed by atoms with E-state index < -0.39 is 6.10 Å². The summed E-state index contributed by atoms with van der Waals surface area (Å²) in [6, 6.07) is 15.1. The molecule has 7 heteroatoms. The van der Waals surface area contributed by atoms with E-state index in [1.807, 2.05) is 47.5 Å². The predicted molar refractivity (Wildman–Crippen MR) is 131 cm³/mol. The SMILES string of the molecule is O=C(C1Cc2cc(Cl)cc(-c3ccnc4[nH]ccc34)c2O1)N1CCC(c2ccc(O)cc2)CC1. The highest BCUT2D eigenvalue weighted by Gasteiger charge is 2.36. The number of benzene rings is 2. The maximum Gasteiger partial charge on any atom is 0.263 e. The predicted octanol–water partition coefficient (Wildman–Crippen LogP) is 5.30. The number of halogens is 1. The van der Waals surface area contributed by atoms with Crippen LogP contribution in [-0.2, 0) is 11.2 Å². The summed E-state index contributed by atoms with van der Waals surface area (Å²) >= 11 is 6.47. The molecule has 0 bridgehead atoms. The minimum Gasteiger partial charge on any atom is -0.508 e. The Labute approximate surface area is 202 Å². The summed E-state index contributed by atoms with van der Waals surface area (Å²) in [7, 11) is 0. The van der Waals surface area contributed by atoms with Crippen LogP contribution in [0.15, 0.2) is 60.9 Å². The largest absolute Gasteiger partial charge is 0.508 e. The van der Waals surface area contributed by atoms with Gasteiger partial charge in [0.2, 0.25) is 0 Å². The van der Waals surface area contributed by atoms with Gasteiger partial charge in [-0.15, -0.1) is 0 Å². The van der Waals surface area contributed by atoms with Gasteiger partial charge in [-0.3, -0.25) is 4.79 Å². The van der Waals surface area contributed by atoms with Gasteiger partial charge in [-0.05, 0) is 66.3 Å². The average Bonchev–Trinajstić information content (AvgIpc) is 3.51. The highest BCUT2D eigenvalue weighted by atomic mass is 35.5. The number of likely N-dealkylation sites (tertiary alicyclic amines) is 1. The van der Waals surface area contributed by atoms with Gasteiger partial charge in [0, 0.05) is 53.4 Å². The van der Waals surface area contributed by atoms with Crippen LogP contribution in [0.4, 0.5) is 0 Å². The molecule has 172 valence electrons. The van der Waals surface area contributed by atoms with Crippen molar-refractivity contribution in [2.24, 2.45) is 0 Å². The number of hydrogen-bond donors (Lipinski definition) is 2. The topological polar surface area (TPSA) is 78.5 Å². The van der Waals surface area contributed by atoms with E-state index in [9.17, 15) is 9.90 Å². The number of ether oxygens (including phenoxy) is 1. The van der Waals surface area contributed by atoms with Gasteiger partial charge in [0.1, 0.15) is 17.1 Å². The second kappa shape index (κ2) is 8.37. The first-order chi connectivity index (χ1) is 16.6.